The van der Waals surface area contributed by atoms with Gasteiger partial charge in [0.25, 0.3) is 0 Å². The van der Waals surface area contributed by atoms with E-state index in [0.717, 1.165) is 18.4 Å². The Balaban J connectivity index is 1.68. The minimum atomic E-state index is -0.310. The number of rotatable bonds is 3. The number of esters is 1. The van der Waals surface area contributed by atoms with E-state index < -0.39 is 0 Å². The highest BCUT2D eigenvalue weighted by Crippen LogP contribution is 2.22. The van der Waals surface area contributed by atoms with Gasteiger partial charge >= 0.3 is 5.97 Å². The molecule has 0 atom stereocenters. The zero-order chi connectivity index (χ0) is 15.4. The largest absolute Gasteiger partial charge is 0.457 e. The van der Waals surface area contributed by atoms with Crippen LogP contribution in [0.5, 0.6) is 0 Å². The number of carbonyl (C=O) groups is 1. The molecule has 2 aromatic rings. The fourth-order valence-electron chi connectivity index (χ4n) is 2.82. The Morgan fingerprint density at radius 3 is 2.73 bits per heavy atom. The van der Waals surface area contributed by atoms with E-state index in [0.29, 0.717) is 11.1 Å². The van der Waals surface area contributed by atoms with E-state index in [9.17, 15) is 4.79 Å². The molecular weight excluding hydrogens is 274 g/mol. The van der Waals surface area contributed by atoms with Gasteiger partial charge in [0.15, 0.2) is 0 Å². The lowest BCUT2D eigenvalue weighted by Crippen LogP contribution is -2.09. The van der Waals surface area contributed by atoms with Crippen molar-refractivity contribution in [3.8, 4) is 6.07 Å². The summed E-state index contributed by atoms with van der Waals surface area (Å²) in [6, 6.07) is 15.0. The van der Waals surface area contributed by atoms with Gasteiger partial charge in [-0.2, -0.15) is 5.26 Å². The minimum absolute atomic E-state index is 0.186. The van der Waals surface area contributed by atoms with E-state index in [4.69, 9.17) is 10.00 Å². The van der Waals surface area contributed by atoms with Crippen LogP contribution in [0.15, 0.2) is 42.5 Å². The molecule has 0 saturated carbocycles. The summed E-state index contributed by atoms with van der Waals surface area (Å²) in [6.45, 7) is 0.186. The van der Waals surface area contributed by atoms with Crippen molar-refractivity contribution in [2.45, 2.75) is 32.3 Å². The third-order valence-corrected chi connectivity index (χ3v) is 4.01. The Morgan fingerprint density at radius 2 is 1.91 bits per heavy atom. The number of nitrogens with zero attached hydrogens (tertiary/aromatic N) is 1. The van der Waals surface area contributed by atoms with Gasteiger partial charge in [-0.15, -0.1) is 0 Å². The molecule has 0 heterocycles. The van der Waals surface area contributed by atoms with Gasteiger partial charge in [0.05, 0.1) is 17.2 Å². The van der Waals surface area contributed by atoms with Gasteiger partial charge in [-0.1, -0.05) is 18.2 Å². The quantitative estimate of drug-likeness (QED) is 0.808. The molecule has 2 aromatic carbocycles. The number of fused-ring (bicyclic) bond motifs is 1. The second kappa shape index (κ2) is 6.44. The van der Waals surface area contributed by atoms with Gasteiger partial charge in [0.2, 0.25) is 0 Å². The van der Waals surface area contributed by atoms with Gasteiger partial charge in [-0.3, -0.25) is 0 Å². The Hall–Kier alpha value is -2.60. The zero-order valence-corrected chi connectivity index (χ0v) is 12.3. The van der Waals surface area contributed by atoms with Crippen LogP contribution in [0.25, 0.3) is 0 Å². The van der Waals surface area contributed by atoms with Crippen LogP contribution in [0.3, 0.4) is 0 Å². The van der Waals surface area contributed by atoms with Gasteiger partial charge < -0.3 is 4.74 Å². The van der Waals surface area contributed by atoms with Gasteiger partial charge in [-0.05, 0) is 66.6 Å². The highest BCUT2D eigenvalue weighted by atomic mass is 16.5. The van der Waals surface area contributed by atoms with Crippen LogP contribution in [0.2, 0.25) is 0 Å². The molecule has 22 heavy (non-hydrogen) atoms. The SMILES string of the molecule is N#Cc1cccc(COC(=O)c2ccc3c(c2)CCCC3)c1. The van der Waals surface area contributed by atoms with Crippen LogP contribution in [0.1, 0.15) is 45.5 Å². The van der Waals surface area contributed by atoms with E-state index in [1.165, 1.54) is 24.0 Å². The van der Waals surface area contributed by atoms with E-state index in [-0.39, 0.29) is 12.6 Å². The lowest BCUT2D eigenvalue weighted by atomic mass is 9.90. The lowest BCUT2D eigenvalue weighted by molar-refractivity contribution is 0.0472. The molecule has 0 amide bonds. The molecule has 0 fully saturated rings. The fourth-order valence-corrected chi connectivity index (χ4v) is 2.82. The first-order valence-corrected chi connectivity index (χ1v) is 7.54. The van der Waals surface area contributed by atoms with Crippen molar-refractivity contribution >= 4 is 5.97 Å². The molecule has 0 aromatic heterocycles. The topological polar surface area (TPSA) is 50.1 Å². The van der Waals surface area contributed by atoms with Crippen molar-refractivity contribution in [3.05, 3.63) is 70.3 Å². The van der Waals surface area contributed by atoms with Crippen molar-refractivity contribution in [1.29, 1.82) is 5.26 Å². The lowest BCUT2D eigenvalue weighted by Gasteiger charge is -2.16. The Labute approximate surface area is 130 Å². The summed E-state index contributed by atoms with van der Waals surface area (Å²) in [6.07, 6.45) is 4.56. The van der Waals surface area contributed by atoms with Crippen LogP contribution < -0.4 is 0 Å². The molecule has 0 N–H and O–H groups in total. The molecule has 1 aliphatic carbocycles. The Kier molecular flexibility index (Phi) is 4.20. The summed E-state index contributed by atoms with van der Waals surface area (Å²) < 4.78 is 5.36. The van der Waals surface area contributed by atoms with Gasteiger partial charge in [0, 0.05) is 0 Å². The summed E-state index contributed by atoms with van der Waals surface area (Å²) in [5.41, 5.74) is 4.63. The van der Waals surface area contributed by atoms with Gasteiger partial charge in [-0.25, -0.2) is 4.79 Å². The molecule has 0 spiro atoms. The van der Waals surface area contributed by atoms with E-state index in [2.05, 4.69) is 6.07 Å². The third-order valence-electron chi connectivity index (χ3n) is 4.01. The van der Waals surface area contributed by atoms with E-state index >= 15 is 0 Å². The first-order valence-electron chi connectivity index (χ1n) is 7.54. The molecule has 0 saturated heterocycles. The molecule has 0 aliphatic heterocycles. The van der Waals surface area contributed by atoms with Crippen molar-refractivity contribution in [2.24, 2.45) is 0 Å². The molecule has 0 unspecified atom stereocenters. The van der Waals surface area contributed by atoms with Crippen LogP contribution in [0, 0.1) is 11.3 Å². The molecule has 0 radical (unpaired) electrons. The van der Waals surface area contributed by atoms with E-state index in [1.807, 2.05) is 24.3 Å². The van der Waals surface area contributed by atoms with Crippen LogP contribution in [-0.2, 0) is 24.2 Å². The maximum atomic E-state index is 12.2. The molecule has 3 heteroatoms. The summed E-state index contributed by atoms with van der Waals surface area (Å²) in [7, 11) is 0. The fraction of sp³-hybridized carbons (Fsp3) is 0.263. The Bertz CT molecular complexity index is 743. The third kappa shape index (κ3) is 3.17. The van der Waals surface area contributed by atoms with Crippen LogP contribution in [-0.4, -0.2) is 5.97 Å². The second-order valence-corrected chi connectivity index (χ2v) is 5.58. The average molecular weight is 291 g/mol. The number of hydrogen-bond donors (Lipinski definition) is 0. The Morgan fingerprint density at radius 1 is 1.09 bits per heavy atom. The number of carbonyl (C=O) groups excluding carboxylic acids is 1. The van der Waals surface area contributed by atoms with Crippen molar-refractivity contribution in [1.82, 2.24) is 0 Å². The minimum Gasteiger partial charge on any atom is -0.457 e. The molecule has 3 rings (SSSR count). The summed E-state index contributed by atoms with van der Waals surface area (Å²) >= 11 is 0. The number of nitriles is 1. The predicted octanol–water partition coefficient (Wildman–Crippen LogP) is 3.79. The highest BCUT2D eigenvalue weighted by molar-refractivity contribution is 5.89. The zero-order valence-electron chi connectivity index (χ0n) is 12.3. The summed E-state index contributed by atoms with van der Waals surface area (Å²) in [5.74, 6) is -0.310. The molecule has 1 aliphatic rings. The van der Waals surface area contributed by atoms with Crippen LogP contribution >= 0.6 is 0 Å². The molecule has 110 valence electrons. The number of aryl methyl sites for hydroxylation is 2. The maximum Gasteiger partial charge on any atom is 0.338 e. The highest BCUT2D eigenvalue weighted by Gasteiger charge is 2.13. The second-order valence-electron chi connectivity index (χ2n) is 5.58. The monoisotopic (exact) mass is 291 g/mol. The van der Waals surface area contributed by atoms with Gasteiger partial charge in [0.1, 0.15) is 6.61 Å². The normalized spacial score (nSPS) is 13.0. The summed E-state index contributed by atoms with van der Waals surface area (Å²) in [5, 5.41) is 8.87. The maximum absolute atomic E-state index is 12.2. The van der Waals surface area contributed by atoms with Crippen LogP contribution in [0.4, 0.5) is 0 Å². The molecular formula is C19H17NO2. The van der Waals surface area contributed by atoms with Crippen molar-refractivity contribution in [3.63, 3.8) is 0 Å². The summed E-state index contributed by atoms with van der Waals surface area (Å²) in [4.78, 5) is 12.2. The van der Waals surface area contributed by atoms with E-state index in [1.54, 1.807) is 18.2 Å². The molecule has 0 bridgehead atoms. The molecule has 3 nitrogen and oxygen atoms in total. The number of hydrogen-bond acceptors (Lipinski definition) is 3. The first-order chi connectivity index (χ1) is 10.8. The number of benzene rings is 2. The average Bonchev–Trinajstić information content (AvgIpc) is 2.59. The number of ether oxygens (including phenoxy) is 1. The standard InChI is InChI=1S/C19H17NO2/c20-12-14-4-3-5-15(10-14)13-22-19(21)18-9-8-16-6-1-2-7-17(16)11-18/h3-5,8-11H,1-2,6-7,13H2. The smallest absolute Gasteiger partial charge is 0.338 e. The predicted molar refractivity (Wildman–Crippen MR) is 83.4 cm³/mol. The first kappa shape index (κ1) is 14.3. The van der Waals surface area contributed by atoms with Crippen molar-refractivity contribution < 1.29 is 9.53 Å². The van der Waals surface area contributed by atoms with Crippen molar-refractivity contribution in [2.75, 3.05) is 0 Å².